The van der Waals surface area contributed by atoms with E-state index in [1.807, 2.05) is 36.6 Å². The molecule has 0 fully saturated rings. The molecule has 30 heavy (non-hydrogen) atoms. The van der Waals surface area contributed by atoms with E-state index in [9.17, 15) is 4.79 Å². The molecular weight excluding hydrogens is 511 g/mol. The van der Waals surface area contributed by atoms with Crippen LogP contribution < -0.4 is 10.1 Å². The van der Waals surface area contributed by atoms with Gasteiger partial charge in [-0.2, -0.15) is 0 Å². The Morgan fingerprint density at radius 3 is 2.70 bits per heavy atom. The normalized spacial score (nSPS) is 10.8. The Morgan fingerprint density at radius 1 is 1.20 bits per heavy atom. The molecule has 158 valence electrons. The average molecular weight is 530 g/mol. The molecule has 1 N–H and O–H groups in total. The van der Waals surface area contributed by atoms with Gasteiger partial charge in [-0.05, 0) is 55.8 Å². The zero-order valence-corrected chi connectivity index (χ0v) is 20.2. The highest BCUT2D eigenvalue weighted by Gasteiger charge is 2.14. The van der Waals surface area contributed by atoms with Gasteiger partial charge in [-0.3, -0.25) is 4.79 Å². The molecule has 2 aromatic carbocycles. The van der Waals surface area contributed by atoms with Crippen molar-refractivity contribution in [3.63, 3.8) is 0 Å². The fourth-order valence-electron chi connectivity index (χ4n) is 2.61. The first kappa shape index (κ1) is 22.9. The van der Waals surface area contributed by atoms with E-state index in [4.69, 9.17) is 27.9 Å². The van der Waals surface area contributed by atoms with Crippen LogP contribution in [-0.2, 0) is 17.9 Å². The molecule has 0 atom stereocenters. The van der Waals surface area contributed by atoms with Gasteiger partial charge >= 0.3 is 0 Å². The maximum Gasteiger partial charge on any atom is 0.234 e. The van der Waals surface area contributed by atoms with Gasteiger partial charge in [0.15, 0.2) is 11.0 Å². The number of nitrogens with one attached hydrogen (secondary N) is 1. The van der Waals surface area contributed by atoms with Crippen LogP contribution in [0.15, 0.2) is 46.0 Å². The van der Waals surface area contributed by atoms with Crippen molar-refractivity contribution in [1.29, 1.82) is 0 Å². The summed E-state index contributed by atoms with van der Waals surface area (Å²) in [6.45, 7) is 4.84. The molecule has 10 heteroatoms. The van der Waals surface area contributed by atoms with Gasteiger partial charge in [0.2, 0.25) is 5.91 Å². The maximum atomic E-state index is 12.3. The summed E-state index contributed by atoms with van der Waals surface area (Å²) in [5.74, 6) is 1.40. The number of ether oxygens (including phenoxy) is 1. The molecule has 0 aliphatic rings. The van der Waals surface area contributed by atoms with Crippen LogP contribution in [0.1, 0.15) is 18.3 Å². The van der Waals surface area contributed by atoms with Crippen LogP contribution in [0.25, 0.3) is 0 Å². The molecule has 0 spiro atoms. The first-order valence-electron chi connectivity index (χ1n) is 9.06. The van der Waals surface area contributed by atoms with Crippen molar-refractivity contribution >= 4 is 62.5 Å². The number of aromatic nitrogens is 3. The molecule has 6 nitrogen and oxygen atoms in total. The Morgan fingerprint density at radius 2 is 2.00 bits per heavy atom. The highest BCUT2D eigenvalue weighted by molar-refractivity contribution is 9.10. The third-order valence-corrected chi connectivity index (χ3v) is 6.34. The summed E-state index contributed by atoms with van der Waals surface area (Å²) in [5.41, 5.74) is 1.51. The number of anilines is 1. The zero-order valence-electron chi connectivity index (χ0n) is 16.3. The van der Waals surface area contributed by atoms with Crippen LogP contribution in [0, 0.1) is 6.92 Å². The number of carbonyl (C=O) groups is 1. The topological polar surface area (TPSA) is 69.0 Å². The molecule has 0 saturated carbocycles. The zero-order chi connectivity index (χ0) is 21.7. The number of rotatable bonds is 8. The third kappa shape index (κ3) is 5.91. The lowest BCUT2D eigenvalue weighted by atomic mass is 10.2. The first-order valence-corrected chi connectivity index (χ1v) is 11.6. The highest BCUT2D eigenvalue weighted by Crippen LogP contribution is 2.26. The Kier molecular flexibility index (Phi) is 8.05. The minimum atomic E-state index is -0.177. The SMILES string of the molecule is CCn1c(COc2ccc(Cl)c(C)c2)nnc1SCC(=O)Nc1ccc(Br)cc1Cl. The second-order valence-corrected chi connectivity index (χ2v) is 8.98. The number of halogens is 3. The lowest BCUT2D eigenvalue weighted by Gasteiger charge is -2.10. The van der Waals surface area contributed by atoms with E-state index in [-0.39, 0.29) is 18.3 Å². The number of nitrogens with zero attached hydrogens (tertiary/aromatic N) is 3. The summed E-state index contributed by atoms with van der Waals surface area (Å²) in [6, 6.07) is 10.8. The first-order chi connectivity index (χ1) is 14.4. The van der Waals surface area contributed by atoms with Crippen LogP contribution in [0.4, 0.5) is 5.69 Å². The van der Waals surface area contributed by atoms with Gasteiger partial charge < -0.3 is 14.6 Å². The summed E-state index contributed by atoms with van der Waals surface area (Å²) in [5, 5.41) is 13.0. The molecular formula is C20H19BrCl2N4O2S. The van der Waals surface area contributed by atoms with Crippen molar-refractivity contribution in [3.8, 4) is 5.75 Å². The largest absolute Gasteiger partial charge is 0.486 e. The van der Waals surface area contributed by atoms with Gasteiger partial charge in [0.05, 0.1) is 16.5 Å². The van der Waals surface area contributed by atoms with Crippen molar-refractivity contribution in [3.05, 3.63) is 62.3 Å². The molecule has 0 saturated heterocycles. The lowest BCUT2D eigenvalue weighted by Crippen LogP contribution is -2.15. The van der Waals surface area contributed by atoms with E-state index in [2.05, 4.69) is 31.4 Å². The van der Waals surface area contributed by atoms with E-state index >= 15 is 0 Å². The fraction of sp³-hybridized carbons (Fsp3) is 0.250. The number of benzene rings is 2. The van der Waals surface area contributed by atoms with Gasteiger partial charge in [0, 0.05) is 16.0 Å². The minimum Gasteiger partial charge on any atom is -0.486 e. The van der Waals surface area contributed by atoms with Gasteiger partial charge in [-0.1, -0.05) is 50.9 Å². The second kappa shape index (κ2) is 10.5. The van der Waals surface area contributed by atoms with E-state index < -0.39 is 0 Å². The molecule has 3 rings (SSSR count). The van der Waals surface area contributed by atoms with Gasteiger partial charge in [-0.25, -0.2) is 0 Å². The molecule has 0 unspecified atom stereocenters. The van der Waals surface area contributed by atoms with E-state index in [0.717, 1.165) is 10.0 Å². The fourth-order valence-corrected chi connectivity index (χ4v) is 4.27. The standard InChI is InChI=1S/C20H19BrCl2N4O2S/c1-3-27-18(10-29-14-5-6-15(22)12(2)8-14)25-26-20(27)30-11-19(28)24-17-7-4-13(21)9-16(17)23/h4-9H,3,10-11H2,1-2H3,(H,24,28). The van der Waals surface area contributed by atoms with Gasteiger partial charge in [-0.15, -0.1) is 10.2 Å². The Labute approximate surface area is 197 Å². The van der Waals surface area contributed by atoms with Crippen LogP contribution in [0.2, 0.25) is 10.0 Å². The average Bonchev–Trinajstić information content (AvgIpc) is 3.11. The summed E-state index contributed by atoms with van der Waals surface area (Å²) in [7, 11) is 0. The molecule has 1 heterocycles. The van der Waals surface area contributed by atoms with Crippen molar-refractivity contribution in [2.75, 3.05) is 11.1 Å². The molecule has 0 radical (unpaired) electrons. The van der Waals surface area contributed by atoms with Crippen molar-refractivity contribution in [1.82, 2.24) is 14.8 Å². The lowest BCUT2D eigenvalue weighted by molar-refractivity contribution is -0.113. The number of hydrogen-bond acceptors (Lipinski definition) is 5. The molecule has 1 aromatic heterocycles. The third-order valence-electron chi connectivity index (χ3n) is 4.14. The minimum absolute atomic E-state index is 0.177. The monoisotopic (exact) mass is 528 g/mol. The Hall–Kier alpha value is -1.74. The highest BCUT2D eigenvalue weighted by atomic mass is 79.9. The summed E-state index contributed by atoms with van der Waals surface area (Å²) < 4.78 is 8.59. The van der Waals surface area contributed by atoms with Gasteiger partial charge in [0.1, 0.15) is 12.4 Å². The molecule has 0 aliphatic heterocycles. The molecule has 0 bridgehead atoms. The predicted molar refractivity (Wildman–Crippen MR) is 125 cm³/mol. The molecule has 3 aromatic rings. The van der Waals surface area contributed by atoms with Crippen molar-refractivity contribution < 1.29 is 9.53 Å². The quantitative estimate of drug-likeness (QED) is 0.363. The number of hydrogen-bond donors (Lipinski definition) is 1. The Balaban J connectivity index is 1.59. The number of amides is 1. The van der Waals surface area contributed by atoms with Gasteiger partial charge in [0.25, 0.3) is 0 Å². The van der Waals surface area contributed by atoms with E-state index in [0.29, 0.717) is 39.0 Å². The summed E-state index contributed by atoms with van der Waals surface area (Å²) in [4.78, 5) is 12.3. The number of aryl methyl sites for hydroxylation is 1. The predicted octanol–water partition coefficient (Wildman–Crippen LogP) is 5.99. The smallest absolute Gasteiger partial charge is 0.234 e. The van der Waals surface area contributed by atoms with Crippen LogP contribution in [0.3, 0.4) is 0 Å². The summed E-state index contributed by atoms with van der Waals surface area (Å²) in [6.07, 6.45) is 0. The molecule has 1 amide bonds. The number of carbonyl (C=O) groups excluding carboxylic acids is 1. The van der Waals surface area contributed by atoms with Crippen LogP contribution >= 0.6 is 50.9 Å². The van der Waals surface area contributed by atoms with Crippen LogP contribution in [0.5, 0.6) is 5.75 Å². The second-order valence-electron chi connectivity index (χ2n) is 6.30. The maximum absolute atomic E-state index is 12.3. The van der Waals surface area contributed by atoms with Crippen molar-refractivity contribution in [2.45, 2.75) is 32.2 Å². The van der Waals surface area contributed by atoms with E-state index in [1.54, 1.807) is 18.2 Å². The summed E-state index contributed by atoms with van der Waals surface area (Å²) >= 11 is 16.8. The number of thioether (sulfide) groups is 1. The van der Waals surface area contributed by atoms with E-state index in [1.165, 1.54) is 11.8 Å². The Bertz CT molecular complexity index is 1060. The molecule has 0 aliphatic carbocycles. The van der Waals surface area contributed by atoms with Crippen molar-refractivity contribution in [2.24, 2.45) is 0 Å². The van der Waals surface area contributed by atoms with Crippen LogP contribution in [-0.4, -0.2) is 26.4 Å².